The number of benzene rings is 2. The highest BCUT2D eigenvalue weighted by Gasteiger charge is 2.14. The molecule has 2 aromatic rings. The summed E-state index contributed by atoms with van der Waals surface area (Å²) < 4.78 is 14.0. The molecular weight excluding hydrogens is 317 g/mol. The van der Waals surface area contributed by atoms with Gasteiger partial charge in [-0.2, -0.15) is 0 Å². The van der Waals surface area contributed by atoms with Crippen LogP contribution in [0.5, 0.6) is 0 Å². The molecule has 1 N–H and O–H groups in total. The van der Waals surface area contributed by atoms with Crippen LogP contribution in [0.2, 0.25) is 0 Å². The maximum atomic E-state index is 13.2. The fraction of sp³-hybridized carbons (Fsp3) is 0.294. The van der Waals surface area contributed by atoms with Gasteiger partial charge in [0.2, 0.25) is 0 Å². The summed E-state index contributed by atoms with van der Waals surface area (Å²) in [5, 5.41) is 3.25. The summed E-state index contributed by atoms with van der Waals surface area (Å²) in [6, 6.07) is 13.5. The average molecular weight is 336 g/mol. The lowest BCUT2D eigenvalue weighted by molar-refractivity contribution is 0.613. The standard InChI is InChI=1S/C17H19BrFN/c1-12-4-3-5-13(8-12)15(11-20-2)9-14-6-7-16(19)10-17(14)18/h3-8,10,15,20H,9,11H2,1-2H3. The zero-order valence-corrected chi connectivity index (χ0v) is 13.4. The number of hydrogen-bond acceptors (Lipinski definition) is 1. The van der Waals surface area contributed by atoms with E-state index in [0.29, 0.717) is 5.92 Å². The number of rotatable bonds is 5. The van der Waals surface area contributed by atoms with E-state index in [2.05, 4.69) is 52.4 Å². The Kier molecular flexibility index (Phi) is 5.32. The van der Waals surface area contributed by atoms with Crippen LogP contribution in [0.25, 0.3) is 0 Å². The SMILES string of the molecule is CNCC(Cc1ccc(F)cc1Br)c1cccc(C)c1. The maximum absolute atomic E-state index is 13.2. The molecule has 0 saturated carbocycles. The van der Waals surface area contributed by atoms with E-state index in [9.17, 15) is 4.39 Å². The second-order valence-corrected chi connectivity index (χ2v) is 5.96. The summed E-state index contributed by atoms with van der Waals surface area (Å²) in [4.78, 5) is 0. The van der Waals surface area contributed by atoms with Crippen molar-refractivity contribution >= 4 is 15.9 Å². The number of likely N-dealkylation sites (N-methyl/N-ethyl adjacent to an activating group) is 1. The van der Waals surface area contributed by atoms with E-state index in [1.807, 2.05) is 13.1 Å². The molecular formula is C17H19BrFN. The van der Waals surface area contributed by atoms with Crippen LogP contribution < -0.4 is 5.32 Å². The maximum Gasteiger partial charge on any atom is 0.124 e. The zero-order valence-electron chi connectivity index (χ0n) is 11.8. The lowest BCUT2D eigenvalue weighted by Crippen LogP contribution is -2.19. The summed E-state index contributed by atoms with van der Waals surface area (Å²) >= 11 is 3.45. The van der Waals surface area contributed by atoms with Crippen molar-refractivity contribution < 1.29 is 4.39 Å². The minimum Gasteiger partial charge on any atom is -0.319 e. The van der Waals surface area contributed by atoms with Gasteiger partial charge in [-0.25, -0.2) is 4.39 Å². The molecule has 20 heavy (non-hydrogen) atoms. The summed E-state index contributed by atoms with van der Waals surface area (Å²) in [5.74, 6) is 0.169. The van der Waals surface area contributed by atoms with Crippen molar-refractivity contribution in [1.29, 1.82) is 0 Å². The second kappa shape index (κ2) is 7.00. The van der Waals surface area contributed by atoms with Crippen molar-refractivity contribution in [3.05, 3.63) is 69.4 Å². The van der Waals surface area contributed by atoms with Crippen LogP contribution >= 0.6 is 15.9 Å². The Morgan fingerprint density at radius 1 is 1.20 bits per heavy atom. The fourth-order valence-electron chi connectivity index (χ4n) is 2.43. The third-order valence-electron chi connectivity index (χ3n) is 3.45. The number of halogens is 2. The molecule has 2 rings (SSSR count). The summed E-state index contributed by atoms with van der Waals surface area (Å²) in [6.45, 7) is 3.00. The van der Waals surface area contributed by atoms with E-state index >= 15 is 0 Å². The molecule has 1 unspecified atom stereocenters. The topological polar surface area (TPSA) is 12.0 Å². The highest BCUT2D eigenvalue weighted by molar-refractivity contribution is 9.10. The lowest BCUT2D eigenvalue weighted by atomic mass is 9.91. The zero-order chi connectivity index (χ0) is 14.5. The molecule has 0 saturated heterocycles. The molecule has 106 valence electrons. The number of nitrogens with one attached hydrogen (secondary N) is 1. The van der Waals surface area contributed by atoms with E-state index in [1.165, 1.54) is 23.3 Å². The predicted molar refractivity (Wildman–Crippen MR) is 85.7 cm³/mol. The van der Waals surface area contributed by atoms with E-state index in [-0.39, 0.29) is 5.82 Å². The molecule has 0 fully saturated rings. The molecule has 0 amide bonds. The van der Waals surface area contributed by atoms with Gasteiger partial charge in [-0.3, -0.25) is 0 Å². The Hall–Kier alpha value is -1.19. The highest BCUT2D eigenvalue weighted by atomic mass is 79.9. The molecule has 0 aromatic heterocycles. The van der Waals surface area contributed by atoms with Crippen LogP contribution in [0.15, 0.2) is 46.9 Å². The minimum absolute atomic E-state index is 0.207. The van der Waals surface area contributed by atoms with Crippen molar-refractivity contribution in [1.82, 2.24) is 5.32 Å². The van der Waals surface area contributed by atoms with Crippen LogP contribution in [0.4, 0.5) is 4.39 Å². The van der Waals surface area contributed by atoms with E-state index < -0.39 is 0 Å². The van der Waals surface area contributed by atoms with Crippen LogP contribution in [-0.2, 0) is 6.42 Å². The Morgan fingerprint density at radius 2 is 2.00 bits per heavy atom. The van der Waals surface area contributed by atoms with Crippen LogP contribution in [0, 0.1) is 12.7 Å². The smallest absolute Gasteiger partial charge is 0.124 e. The van der Waals surface area contributed by atoms with Gasteiger partial charge in [0.1, 0.15) is 5.82 Å². The lowest BCUT2D eigenvalue weighted by Gasteiger charge is -2.18. The third kappa shape index (κ3) is 3.90. The van der Waals surface area contributed by atoms with Gasteiger partial charge in [-0.1, -0.05) is 51.8 Å². The molecule has 1 nitrogen and oxygen atoms in total. The van der Waals surface area contributed by atoms with E-state index in [1.54, 1.807) is 0 Å². The summed E-state index contributed by atoms with van der Waals surface area (Å²) in [5.41, 5.74) is 3.71. The number of hydrogen-bond donors (Lipinski definition) is 1. The molecule has 1 atom stereocenters. The van der Waals surface area contributed by atoms with Crippen LogP contribution in [0.1, 0.15) is 22.6 Å². The quantitative estimate of drug-likeness (QED) is 0.851. The molecule has 0 aliphatic carbocycles. The summed E-state index contributed by atoms with van der Waals surface area (Å²) in [7, 11) is 1.96. The number of aryl methyl sites for hydroxylation is 1. The van der Waals surface area contributed by atoms with Crippen LogP contribution in [0.3, 0.4) is 0 Å². The van der Waals surface area contributed by atoms with Gasteiger partial charge in [0.05, 0.1) is 0 Å². The van der Waals surface area contributed by atoms with Gasteiger partial charge >= 0.3 is 0 Å². The van der Waals surface area contributed by atoms with Crippen molar-refractivity contribution in [2.45, 2.75) is 19.3 Å². The monoisotopic (exact) mass is 335 g/mol. The molecule has 0 spiro atoms. The molecule has 0 aliphatic heterocycles. The van der Waals surface area contributed by atoms with Crippen molar-refractivity contribution in [2.24, 2.45) is 0 Å². The average Bonchev–Trinajstić information content (AvgIpc) is 2.41. The first-order valence-electron chi connectivity index (χ1n) is 6.75. The minimum atomic E-state index is -0.207. The molecule has 0 aliphatic rings. The first kappa shape index (κ1) is 15.2. The Labute approximate surface area is 128 Å². The predicted octanol–water partition coefficient (Wildman–Crippen LogP) is 4.44. The van der Waals surface area contributed by atoms with Gasteiger partial charge in [-0.15, -0.1) is 0 Å². The van der Waals surface area contributed by atoms with Gasteiger partial charge in [0, 0.05) is 16.9 Å². The molecule has 3 heteroatoms. The third-order valence-corrected chi connectivity index (χ3v) is 4.18. The van der Waals surface area contributed by atoms with Gasteiger partial charge in [-0.05, 0) is 43.7 Å². The fourth-order valence-corrected chi connectivity index (χ4v) is 2.94. The normalized spacial score (nSPS) is 12.4. The molecule has 0 heterocycles. The van der Waals surface area contributed by atoms with Crippen LogP contribution in [-0.4, -0.2) is 13.6 Å². The highest BCUT2D eigenvalue weighted by Crippen LogP contribution is 2.26. The molecule has 2 aromatic carbocycles. The first-order chi connectivity index (χ1) is 9.60. The Balaban J connectivity index is 2.25. The van der Waals surface area contributed by atoms with Gasteiger partial charge in [0.25, 0.3) is 0 Å². The van der Waals surface area contributed by atoms with Gasteiger partial charge < -0.3 is 5.32 Å². The van der Waals surface area contributed by atoms with E-state index in [0.717, 1.165) is 23.0 Å². The van der Waals surface area contributed by atoms with Crippen molar-refractivity contribution in [3.8, 4) is 0 Å². The Morgan fingerprint density at radius 3 is 2.65 bits per heavy atom. The molecule has 0 radical (unpaired) electrons. The summed E-state index contributed by atoms with van der Waals surface area (Å²) in [6.07, 6.45) is 0.880. The largest absolute Gasteiger partial charge is 0.319 e. The van der Waals surface area contributed by atoms with Crippen molar-refractivity contribution in [3.63, 3.8) is 0 Å². The van der Waals surface area contributed by atoms with Crippen molar-refractivity contribution in [2.75, 3.05) is 13.6 Å². The van der Waals surface area contributed by atoms with Gasteiger partial charge in [0.15, 0.2) is 0 Å². The first-order valence-corrected chi connectivity index (χ1v) is 7.54. The second-order valence-electron chi connectivity index (χ2n) is 5.11. The Bertz CT molecular complexity index is 583. The molecule has 0 bridgehead atoms. The van der Waals surface area contributed by atoms with E-state index in [4.69, 9.17) is 0 Å².